The standard InChI is InChI=1S/C16H16ClN5/c17-13-5-3-12(4-6-13)10-22-16-14(9-20-22)15(18-11-19-16)21-7-1-2-8-21/h3-6,9,11H,1-2,7-8,10H2. The fraction of sp³-hybridized carbons (Fsp3) is 0.312. The Bertz CT molecular complexity index is 790. The molecule has 0 atom stereocenters. The Morgan fingerprint density at radius 3 is 2.59 bits per heavy atom. The first-order valence-corrected chi connectivity index (χ1v) is 7.85. The summed E-state index contributed by atoms with van der Waals surface area (Å²) in [4.78, 5) is 11.2. The van der Waals surface area contributed by atoms with Crippen LogP contribution in [0.1, 0.15) is 18.4 Å². The van der Waals surface area contributed by atoms with E-state index >= 15 is 0 Å². The number of nitrogens with zero attached hydrogens (tertiary/aromatic N) is 5. The number of benzene rings is 1. The van der Waals surface area contributed by atoms with Crippen LogP contribution in [-0.4, -0.2) is 32.8 Å². The molecule has 0 spiro atoms. The van der Waals surface area contributed by atoms with E-state index in [2.05, 4.69) is 20.0 Å². The second kappa shape index (κ2) is 5.57. The topological polar surface area (TPSA) is 46.8 Å². The third-order valence-electron chi connectivity index (χ3n) is 4.06. The molecule has 5 nitrogen and oxygen atoms in total. The Kier molecular flexibility index (Phi) is 3.42. The van der Waals surface area contributed by atoms with E-state index in [-0.39, 0.29) is 0 Å². The van der Waals surface area contributed by atoms with Crippen LogP contribution in [0.5, 0.6) is 0 Å². The predicted molar refractivity (Wildman–Crippen MR) is 87.3 cm³/mol. The number of fused-ring (bicyclic) bond motifs is 1. The van der Waals surface area contributed by atoms with Gasteiger partial charge in [0.25, 0.3) is 0 Å². The normalized spacial score (nSPS) is 14.9. The van der Waals surface area contributed by atoms with Crippen LogP contribution in [-0.2, 0) is 6.54 Å². The molecule has 0 saturated carbocycles. The lowest BCUT2D eigenvalue weighted by Crippen LogP contribution is -2.19. The van der Waals surface area contributed by atoms with Gasteiger partial charge in [0.15, 0.2) is 5.65 Å². The van der Waals surface area contributed by atoms with E-state index < -0.39 is 0 Å². The lowest BCUT2D eigenvalue weighted by Gasteiger charge is -2.16. The minimum atomic E-state index is 0.678. The van der Waals surface area contributed by atoms with Crippen molar-refractivity contribution in [3.05, 3.63) is 47.4 Å². The summed E-state index contributed by atoms with van der Waals surface area (Å²) in [6.07, 6.45) is 5.96. The number of hydrogen-bond acceptors (Lipinski definition) is 4. The molecule has 112 valence electrons. The number of halogens is 1. The highest BCUT2D eigenvalue weighted by Gasteiger charge is 2.18. The Morgan fingerprint density at radius 2 is 1.82 bits per heavy atom. The molecule has 22 heavy (non-hydrogen) atoms. The predicted octanol–water partition coefficient (Wildman–Crippen LogP) is 3.13. The molecule has 3 heterocycles. The zero-order valence-electron chi connectivity index (χ0n) is 12.1. The number of anilines is 1. The second-order valence-electron chi connectivity index (χ2n) is 5.56. The third-order valence-corrected chi connectivity index (χ3v) is 4.32. The molecule has 0 radical (unpaired) electrons. The minimum Gasteiger partial charge on any atom is -0.356 e. The van der Waals surface area contributed by atoms with E-state index in [1.807, 2.05) is 35.1 Å². The van der Waals surface area contributed by atoms with Crippen LogP contribution >= 0.6 is 11.6 Å². The molecule has 0 bridgehead atoms. The van der Waals surface area contributed by atoms with Crippen LogP contribution in [0.3, 0.4) is 0 Å². The SMILES string of the molecule is Clc1ccc(Cn2ncc3c(N4CCCC4)ncnc32)cc1. The Labute approximate surface area is 133 Å². The molecular formula is C16H16ClN5. The maximum absolute atomic E-state index is 5.93. The maximum Gasteiger partial charge on any atom is 0.163 e. The van der Waals surface area contributed by atoms with Crippen molar-refractivity contribution < 1.29 is 0 Å². The fourth-order valence-electron chi connectivity index (χ4n) is 2.94. The Balaban J connectivity index is 1.70. The average molecular weight is 314 g/mol. The monoisotopic (exact) mass is 313 g/mol. The molecule has 2 aromatic heterocycles. The summed E-state index contributed by atoms with van der Waals surface area (Å²) >= 11 is 5.93. The van der Waals surface area contributed by atoms with Gasteiger partial charge in [-0.15, -0.1) is 0 Å². The Hall–Kier alpha value is -2.14. The first-order valence-electron chi connectivity index (χ1n) is 7.47. The molecule has 6 heteroatoms. The maximum atomic E-state index is 5.93. The summed E-state index contributed by atoms with van der Waals surface area (Å²) in [6.45, 7) is 2.81. The zero-order chi connectivity index (χ0) is 14.9. The van der Waals surface area contributed by atoms with Gasteiger partial charge in [-0.3, -0.25) is 0 Å². The molecule has 0 amide bonds. The zero-order valence-corrected chi connectivity index (χ0v) is 12.9. The van der Waals surface area contributed by atoms with Crippen molar-refractivity contribution in [3.63, 3.8) is 0 Å². The molecule has 3 aromatic rings. The highest BCUT2D eigenvalue weighted by molar-refractivity contribution is 6.30. The molecule has 1 fully saturated rings. The molecule has 0 N–H and O–H groups in total. The summed E-state index contributed by atoms with van der Waals surface area (Å²) < 4.78 is 1.92. The van der Waals surface area contributed by atoms with Crippen LogP contribution in [0.15, 0.2) is 36.8 Å². The van der Waals surface area contributed by atoms with Crippen LogP contribution in [0.2, 0.25) is 5.02 Å². The van der Waals surface area contributed by atoms with Crippen molar-refractivity contribution in [1.29, 1.82) is 0 Å². The van der Waals surface area contributed by atoms with Gasteiger partial charge in [0.1, 0.15) is 12.1 Å². The van der Waals surface area contributed by atoms with E-state index in [0.717, 1.165) is 40.5 Å². The summed E-state index contributed by atoms with van der Waals surface area (Å²) in [5, 5.41) is 6.27. The molecular weight excluding hydrogens is 298 g/mol. The van der Waals surface area contributed by atoms with Gasteiger partial charge in [0.2, 0.25) is 0 Å². The van der Waals surface area contributed by atoms with Gasteiger partial charge >= 0.3 is 0 Å². The van der Waals surface area contributed by atoms with Crippen LogP contribution in [0, 0.1) is 0 Å². The van der Waals surface area contributed by atoms with Crippen molar-refractivity contribution in [1.82, 2.24) is 19.7 Å². The largest absolute Gasteiger partial charge is 0.356 e. The summed E-state index contributed by atoms with van der Waals surface area (Å²) in [5.41, 5.74) is 2.03. The molecule has 0 aliphatic carbocycles. The molecule has 1 aliphatic heterocycles. The molecule has 4 rings (SSSR count). The minimum absolute atomic E-state index is 0.678. The van der Waals surface area contributed by atoms with Gasteiger partial charge in [0, 0.05) is 18.1 Å². The first kappa shape index (κ1) is 13.5. The average Bonchev–Trinajstić information content (AvgIpc) is 3.20. The van der Waals surface area contributed by atoms with Crippen LogP contribution in [0.4, 0.5) is 5.82 Å². The van der Waals surface area contributed by atoms with E-state index in [0.29, 0.717) is 6.54 Å². The van der Waals surface area contributed by atoms with Crippen molar-refractivity contribution in [2.24, 2.45) is 0 Å². The fourth-order valence-corrected chi connectivity index (χ4v) is 3.07. The van der Waals surface area contributed by atoms with E-state index in [1.165, 1.54) is 12.8 Å². The van der Waals surface area contributed by atoms with Crippen LogP contribution in [0.25, 0.3) is 11.0 Å². The van der Waals surface area contributed by atoms with E-state index in [9.17, 15) is 0 Å². The van der Waals surface area contributed by atoms with Gasteiger partial charge in [-0.2, -0.15) is 5.10 Å². The second-order valence-corrected chi connectivity index (χ2v) is 5.99. The highest BCUT2D eigenvalue weighted by atomic mass is 35.5. The van der Waals surface area contributed by atoms with Crippen molar-refractivity contribution >= 4 is 28.5 Å². The lowest BCUT2D eigenvalue weighted by molar-refractivity contribution is 0.703. The molecule has 1 aliphatic rings. The van der Waals surface area contributed by atoms with E-state index in [4.69, 9.17) is 11.6 Å². The van der Waals surface area contributed by atoms with Gasteiger partial charge in [-0.25, -0.2) is 14.6 Å². The third kappa shape index (κ3) is 2.41. The lowest BCUT2D eigenvalue weighted by atomic mass is 10.2. The van der Waals surface area contributed by atoms with Gasteiger partial charge < -0.3 is 4.90 Å². The van der Waals surface area contributed by atoms with Crippen molar-refractivity contribution in [3.8, 4) is 0 Å². The highest BCUT2D eigenvalue weighted by Crippen LogP contribution is 2.26. The molecule has 1 aromatic carbocycles. The van der Waals surface area contributed by atoms with Gasteiger partial charge in [-0.1, -0.05) is 23.7 Å². The summed E-state index contributed by atoms with van der Waals surface area (Å²) in [7, 11) is 0. The quantitative estimate of drug-likeness (QED) is 0.745. The first-order chi connectivity index (χ1) is 10.8. The number of aromatic nitrogens is 4. The summed E-state index contributed by atoms with van der Waals surface area (Å²) in [5.74, 6) is 1.00. The van der Waals surface area contributed by atoms with Crippen LogP contribution < -0.4 is 4.90 Å². The molecule has 1 saturated heterocycles. The smallest absolute Gasteiger partial charge is 0.163 e. The van der Waals surface area contributed by atoms with Gasteiger partial charge in [0.05, 0.1) is 18.1 Å². The Morgan fingerprint density at radius 1 is 1.05 bits per heavy atom. The number of hydrogen-bond donors (Lipinski definition) is 0. The van der Waals surface area contributed by atoms with Gasteiger partial charge in [-0.05, 0) is 30.5 Å². The molecule has 0 unspecified atom stereocenters. The van der Waals surface area contributed by atoms with E-state index in [1.54, 1.807) is 6.33 Å². The summed E-state index contributed by atoms with van der Waals surface area (Å²) in [6, 6.07) is 7.82. The van der Waals surface area contributed by atoms with Crippen molar-refractivity contribution in [2.75, 3.05) is 18.0 Å². The van der Waals surface area contributed by atoms with Crippen molar-refractivity contribution in [2.45, 2.75) is 19.4 Å². The number of rotatable bonds is 3.